The maximum absolute atomic E-state index is 12.4. The molecular formula is C9H9F4N. The Bertz CT molecular complexity index is 278. The lowest BCUT2D eigenvalue weighted by molar-refractivity contribution is -0.131. The highest BCUT2D eigenvalue weighted by atomic mass is 19.4. The monoisotopic (exact) mass is 207 g/mol. The first-order chi connectivity index (χ1) is 6.47. The van der Waals surface area contributed by atoms with Crippen molar-refractivity contribution in [2.45, 2.75) is 12.6 Å². The summed E-state index contributed by atoms with van der Waals surface area (Å²) in [4.78, 5) is 0. The Morgan fingerprint density at radius 3 is 2.14 bits per heavy atom. The maximum atomic E-state index is 12.4. The molecule has 1 nitrogen and oxygen atoms in total. The second kappa shape index (κ2) is 4.30. The molecule has 14 heavy (non-hydrogen) atoms. The lowest BCUT2D eigenvalue weighted by Gasteiger charge is -2.08. The Labute approximate surface area is 78.7 Å². The second-order valence-electron chi connectivity index (χ2n) is 2.80. The first kappa shape index (κ1) is 10.8. The molecule has 1 N–H and O–H groups in total. The van der Waals surface area contributed by atoms with E-state index >= 15 is 0 Å². The van der Waals surface area contributed by atoms with Crippen molar-refractivity contribution in [1.29, 1.82) is 0 Å². The summed E-state index contributed by atoms with van der Waals surface area (Å²) in [6.07, 6.45) is -5.06. The zero-order chi connectivity index (χ0) is 10.6. The number of nitrogens with one attached hydrogen (secondary N) is 1. The van der Waals surface area contributed by atoms with Crippen LogP contribution in [0, 0.1) is 5.82 Å². The van der Waals surface area contributed by atoms with Crippen LogP contribution in [0.15, 0.2) is 24.3 Å². The van der Waals surface area contributed by atoms with E-state index in [9.17, 15) is 17.6 Å². The highest BCUT2D eigenvalue weighted by Crippen LogP contribution is 2.19. The number of halogens is 4. The molecule has 0 spiro atoms. The quantitative estimate of drug-likeness (QED) is 0.750. The van der Waals surface area contributed by atoms with Crippen LogP contribution in [-0.2, 0) is 0 Å². The van der Waals surface area contributed by atoms with Crippen LogP contribution in [0.5, 0.6) is 0 Å². The van der Waals surface area contributed by atoms with Gasteiger partial charge in [-0.15, -0.1) is 0 Å². The number of hydrogen-bond donors (Lipinski definition) is 1. The fourth-order valence-corrected chi connectivity index (χ4v) is 0.916. The van der Waals surface area contributed by atoms with Crippen LogP contribution < -0.4 is 5.32 Å². The predicted octanol–water partition coefficient (Wildman–Crippen LogP) is 3.19. The van der Waals surface area contributed by atoms with Crippen molar-refractivity contribution in [3.05, 3.63) is 30.1 Å². The molecule has 0 radical (unpaired) electrons. The van der Waals surface area contributed by atoms with Gasteiger partial charge in [-0.05, 0) is 24.3 Å². The lowest BCUT2D eigenvalue weighted by Crippen LogP contribution is -2.14. The molecule has 1 aromatic rings. The third kappa shape index (κ3) is 4.11. The standard InChI is InChI=1S/C9H9F4N/c10-7-1-3-8(4-2-7)14-6-5-9(11,12)13/h1-4,14H,5-6H2. The molecule has 0 unspecified atom stereocenters. The molecule has 0 aromatic heterocycles. The number of hydrogen-bond acceptors (Lipinski definition) is 1. The maximum Gasteiger partial charge on any atom is 0.390 e. The Hall–Kier alpha value is -1.26. The molecule has 0 atom stereocenters. The number of anilines is 1. The molecule has 5 heteroatoms. The third-order valence-electron chi connectivity index (χ3n) is 1.58. The SMILES string of the molecule is Fc1ccc(NCCC(F)(F)F)cc1. The van der Waals surface area contributed by atoms with Gasteiger partial charge in [-0.3, -0.25) is 0 Å². The Kier molecular flexibility index (Phi) is 3.33. The average molecular weight is 207 g/mol. The molecule has 1 rings (SSSR count). The molecule has 0 bridgehead atoms. The van der Waals surface area contributed by atoms with Gasteiger partial charge in [0.05, 0.1) is 6.42 Å². The van der Waals surface area contributed by atoms with Crippen molar-refractivity contribution < 1.29 is 17.6 Å². The van der Waals surface area contributed by atoms with Crippen LogP contribution in [0.25, 0.3) is 0 Å². The summed E-state index contributed by atoms with van der Waals surface area (Å²) in [5, 5.41) is 2.54. The van der Waals surface area contributed by atoms with E-state index in [1.807, 2.05) is 0 Å². The van der Waals surface area contributed by atoms with Crippen molar-refractivity contribution >= 4 is 5.69 Å². The first-order valence-corrected chi connectivity index (χ1v) is 4.03. The summed E-state index contributed by atoms with van der Waals surface area (Å²) >= 11 is 0. The molecule has 0 aliphatic rings. The van der Waals surface area contributed by atoms with Gasteiger partial charge in [0.1, 0.15) is 5.82 Å². The average Bonchev–Trinajstić information content (AvgIpc) is 2.06. The smallest absolute Gasteiger partial charge is 0.385 e. The highest BCUT2D eigenvalue weighted by Gasteiger charge is 2.25. The van der Waals surface area contributed by atoms with Crippen LogP contribution >= 0.6 is 0 Å². The molecule has 0 aliphatic heterocycles. The zero-order valence-corrected chi connectivity index (χ0v) is 7.24. The minimum Gasteiger partial charge on any atom is -0.385 e. The van der Waals surface area contributed by atoms with Gasteiger partial charge in [-0.25, -0.2) is 4.39 Å². The Morgan fingerprint density at radius 1 is 1.07 bits per heavy atom. The molecule has 0 aliphatic carbocycles. The van der Waals surface area contributed by atoms with Crippen molar-refractivity contribution in [2.24, 2.45) is 0 Å². The predicted molar refractivity (Wildman–Crippen MR) is 45.6 cm³/mol. The van der Waals surface area contributed by atoms with Crippen LogP contribution in [-0.4, -0.2) is 12.7 Å². The fourth-order valence-electron chi connectivity index (χ4n) is 0.916. The van der Waals surface area contributed by atoms with Gasteiger partial charge in [-0.2, -0.15) is 13.2 Å². The van der Waals surface area contributed by atoms with Crippen LogP contribution in [0.1, 0.15) is 6.42 Å². The van der Waals surface area contributed by atoms with E-state index in [1.165, 1.54) is 24.3 Å². The highest BCUT2D eigenvalue weighted by molar-refractivity contribution is 5.42. The van der Waals surface area contributed by atoms with Crippen molar-refractivity contribution in [3.8, 4) is 0 Å². The topological polar surface area (TPSA) is 12.0 Å². The third-order valence-corrected chi connectivity index (χ3v) is 1.58. The Balaban J connectivity index is 2.35. The van der Waals surface area contributed by atoms with Gasteiger partial charge in [0.25, 0.3) is 0 Å². The summed E-state index contributed by atoms with van der Waals surface area (Å²) in [5.74, 6) is -0.411. The number of benzene rings is 1. The number of alkyl halides is 3. The molecule has 0 saturated heterocycles. The molecule has 0 saturated carbocycles. The summed E-state index contributed by atoms with van der Waals surface area (Å²) in [6.45, 7) is -0.199. The molecule has 78 valence electrons. The second-order valence-corrected chi connectivity index (χ2v) is 2.80. The van der Waals surface area contributed by atoms with Crippen LogP contribution in [0.3, 0.4) is 0 Å². The Morgan fingerprint density at radius 2 is 1.64 bits per heavy atom. The van der Waals surface area contributed by atoms with E-state index < -0.39 is 18.4 Å². The van der Waals surface area contributed by atoms with Gasteiger partial charge >= 0.3 is 6.18 Å². The van der Waals surface area contributed by atoms with E-state index in [-0.39, 0.29) is 6.54 Å². The summed E-state index contributed by atoms with van der Waals surface area (Å²) in [7, 11) is 0. The fraction of sp³-hybridized carbons (Fsp3) is 0.333. The van der Waals surface area contributed by atoms with Crippen molar-refractivity contribution in [3.63, 3.8) is 0 Å². The van der Waals surface area contributed by atoms with Gasteiger partial charge in [0.2, 0.25) is 0 Å². The largest absolute Gasteiger partial charge is 0.390 e. The minimum atomic E-state index is -4.16. The first-order valence-electron chi connectivity index (χ1n) is 4.03. The van der Waals surface area contributed by atoms with Gasteiger partial charge in [0, 0.05) is 12.2 Å². The van der Waals surface area contributed by atoms with Crippen LogP contribution in [0.2, 0.25) is 0 Å². The van der Waals surface area contributed by atoms with Gasteiger partial charge in [-0.1, -0.05) is 0 Å². The van der Waals surface area contributed by atoms with E-state index in [1.54, 1.807) is 0 Å². The van der Waals surface area contributed by atoms with Crippen molar-refractivity contribution in [1.82, 2.24) is 0 Å². The molecule has 0 amide bonds. The van der Waals surface area contributed by atoms with E-state index in [0.29, 0.717) is 5.69 Å². The number of rotatable bonds is 3. The minimum absolute atomic E-state index is 0.199. The van der Waals surface area contributed by atoms with E-state index in [2.05, 4.69) is 5.32 Å². The van der Waals surface area contributed by atoms with Crippen molar-refractivity contribution in [2.75, 3.05) is 11.9 Å². The van der Waals surface area contributed by atoms with E-state index in [0.717, 1.165) is 0 Å². The zero-order valence-electron chi connectivity index (χ0n) is 7.24. The molecule has 0 fully saturated rings. The van der Waals surface area contributed by atoms with Crippen LogP contribution in [0.4, 0.5) is 23.2 Å². The molecule has 1 aromatic carbocycles. The summed E-state index contributed by atoms with van der Waals surface area (Å²) in [6, 6.07) is 5.17. The van der Waals surface area contributed by atoms with Gasteiger partial charge < -0.3 is 5.32 Å². The molecular weight excluding hydrogens is 198 g/mol. The molecule has 0 heterocycles. The summed E-state index contributed by atoms with van der Waals surface area (Å²) < 4.78 is 47.6. The van der Waals surface area contributed by atoms with Gasteiger partial charge in [0.15, 0.2) is 0 Å². The summed E-state index contributed by atoms with van der Waals surface area (Å²) in [5.41, 5.74) is 0.482. The normalized spacial score (nSPS) is 11.4. The van der Waals surface area contributed by atoms with E-state index in [4.69, 9.17) is 0 Å². The lowest BCUT2D eigenvalue weighted by atomic mass is 10.3.